The van der Waals surface area contributed by atoms with Crippen molar-refractivity contribution in [2.45, 2.75) is 38.4 Å². The molecule has 8 heteroatoms. The molecule has 1 aliphatic carbocycles. The summed E-state index contributed by atoms with van der Waals surface area (Å²) >= 11 is 0. The highest BCUT2D eigenvalue weighted by Crippen LogP contribution is 2.26. The number of amides is 1. The monoisotopic (exact) mass is 414 g/mol. The van der Waals surface area contributed by atoms with E-state index in [0.717, 1.165) is 30.2 Å². The van der Waals surface area contributed by atoms with Crippen molar-refractivity contribution in [3.05, 3.63) is 76.5 Å². The summed E-state index contributed by atoms with van der Waals surface area (Å²) in [5.41, 5.74) is 3.15. The molecule has 0 fully saturated rings. The van der Waals surface area contributed by atoms with Gasteiger partial charge in [-0.1, -0.05) is 6.07 Å². The van der Waals surface area contributed by atoms with Crippen molar-refractivity contribution in [1.82, 2.24) is 20.0 Å². The smallest absolute Gasteiger partial charge is 0.274 e. The van der Waals surface area contributed by atoms with Crippen molar-refractivity contribution in [2.75, 3.05) is 7.05 Å². The number of nitrogens with one attached hydrogen (secondary N) is 1. The maximum atomic E-state index is 13.4. The number of hydrogen-bond acceptors (Lipinski definition) is 4. The molecule has 0 bridgehead atoms. The maximum absolute atomic E-state index is 13.4. The van der Waals surface area contributed by atoms with Crippen LogP contribution < -0.4 is 5.32 Å². The average Bonchev–Trinajstić information content (AvgIpc) is 3.36. The number of furan rings is 1. The van der Waals surface area contributed by atoms with Gasteiger partial charge < -0.3 is 14.6 Å². The van der Waals surface area contributed by atoms with Gasteiger partial charge in [-0.05, 0) is 49.1 Å². The molecule has 0 spiro atoms. The average molecular weight is 414 g/mol. The third kappa shape index (κ3) is 4.14. The number of nitrogens with zero attached hydrogens (tertiary/aromatic N) is 3. The third-order valence-electron chi connectivity index (χ3n) is 5.56. The van der Waals surface area contributed by atoms with Crippen molar-refractivity contribution >= 4 is 5.91 Å². The molecule has 1 aliphatic rings. The Labute approximate surface area is 173 Å². The standard InChI is InChI=1S/C22H24F2N4O2/c1-27(13-16-4-3-9-30-16)22(29)21-17-11-15(6-8-20(17)28(2)26-21)25-12-14-5-7-18(23)19(24)10-14/h3-5,7,9-10,15,25H,6,8,11-13H2,1-2H3. The van der Waals surface area contributed by atoms with Crippen molar-refractivity contribution in [1.29, 1.82) is 0 Å². The van der Waals surface area contributed by atoms with Crippen LogP contribution in [0.5, 0.6) is 0 Å². The van der Waals surface area contributed by atoms with Crippen molar-refractivity contribution in [2.24, 2.45) is 7.05 Å². The molecule has 1 amide bonds. The van der Waals surface area contributed by atoms with Crippen LogP contribution in [-0.2, 0) is 33.0 Å². The van der Waals surface area contributed by atoms with Crippen LogP contribution in [0.1, 0.15) is 39.5 Å². The lowest BCUT2D eigenvalue weighted by Gasteiger charge is -2.25. The van der Waals surface area contributed by atoms with Crippen LogP contribution in [0.3, 0.4) is 0 Å². The summed E-state index contributed by atoms with van der Waals surface area (Å²) in [6, 6.07) is 7.66. The lowest BCUT2D eigenvalue weighted by Crippen LogP contribution is -2.35. The first-order valence-corrected chi connectivity index (χ1v) is 9.92. The Morgan fingerprint density at radius 3 is 2.90 bits per heavy atom. The summed E-state index contributed by atoms with van der Waals surface area (Å²) in [4.78, 5) is 14.6. The SMILES string of the molecule is CN(Cc1ccco1)C(=O)c1nn(C)c2c1CC(NCc1ccc(F)c(F)c1)CC2. The highest BCUT2D eigenvalue weighted by atomic mass is 19.2. The van der Waals surface area contributed by atoms with Gasteiger partial charge in [0.1, 0.15) is 5.76 Å². The van der Waals surface area contributed by atoms with Gasteiger partial charge in [0, 0.05) is 37.9 Å². The summed E-state index contributed by atoms with van der Waals surface area (Å²) in [5, 5.41) is 7.89. The number of rotatable bonds is 6. The third-order valence-corrected chi connectivity index (χ3v) is 5.56. The van der Waals surface area contributed by atoms with Crippen molar-refractivity contribution < 1.29 is 18.0 Å². The Morgan fingerprint density at radius 2 is 2.17 bits per heavy atom. The molecular weight excluding hydrogens is 390 g/mol. The molecule has 2 aromatic heterocycles. The van der Waals surface area contributed by atoms with Gasteiger partial charge in [-0.2, -0.15) is 5.10 Å². The van der Waals surface area contributed by atoms with Gasteiger partial charge in [0.2, 0.25) is 0 Å². The van der Waals surface area contributed by atoms with E-state index in [4.69, 9.17) is 4.42 Å². The molecule has 6 nitrogen and oxygen atoms in total. The first-order chi connectivity index (χ1) is 14.4. The van der Waals surface area contributed by atoms with Crippen LogP contribution in [0.4, 0.5) is 8.78 Å². The van der Waals surface area contributed by atoms with Gasteiger partial charge in [-0.25, -0.2) is 8.78 Å². The molecule has 158 valence electrons. The topological polar surface area (TPSA) is 63.3 Å². The highest BCUT2D eigenvalue weighted by molar-refractivity contribution is 5.94. The maximum Gasteiger partial charge on any atom is 0.274 e. The van der Waals surface area contributed by atoms with Gasteiger partial charge in [-0.3, -0.25) is 9.48 Å². The minimum absolute atomic E-state index is 0.122. The number of fused-ring (bicyclic) bond motifs is 1. The van der Waals surface area contributed by atoms with E-state index < -0.39 is 11.6 Å². The van der Waals surface area contributed by atoms with Crippen LogP contribution >= 0.6 is 0 Å². The van der Waals surface area contributed by atoms with E-state index in [1.165, 1.54) is 6.07 Å². The van der Waals surface area contributed by atoms with Crippen LogP contribution in [0.2, 0.25) is 0 Å². The molecule has 3 aromatic rings. The minimum Gasteiger partial charge on any atom is -0.467 e. The van der Waals surface area contributed by atoms with E-state index in [2.05, 4.69) is 10.4 Å². The molecule has 30 heavy (non-hydrogen) atoms. The molecule has 0 radical (unpaired) electrons. The summed E-state index contributed by atoms with van der Waals surface area (Å²) in [6.45, 7) is 0.800. The van der Waals surface area contributed by atoms with Gasteiger partial charge in [0.25, 0.3) is 5.91 Å². The molecule has 1 aromatic carbocycles. The zero-order valence-electron chi connectivity index (χ0n) is 17.0. The Balaban J connectivity index is 1.45. The molecule has 1 atom stereocenters. The molecule has 2 heterocycles. The first kappa shape index (κ1) is 20.3. The van der Waals surface area contributed by atoms with E-state index in [0.29, 0.717) is 36.5 Å². The second-order valence-electron chi connectivity index (χ2n) is 7.71. The van der Waals surface area contributed by atoms with Crippen LogP contribution in [0.25, 0.3) is 0 Å². The lowest BCUT2D eigenvalue weighted by atomic mass is 9.91. The van der Waals surface area contributed by atoms with Gasteiger partial charge >= 0.3 is 0 Å². The van der Waals surface area contributed by atoms with Crippen molar-refractivity contribution in [3.63, 3.8) is 0 Å². The predicted octanol–water partition coefficient (Wildman–Crippen LogP) is 3.21. The summed E-state index contributed by atoms with van der Waals surface area (Å²) in [7, 11) is 3.59. The zero-order valence-corrected chi connectivity index (χ0v) is 17.0. The quantitative estimate of drug-likeness (QED) is 0.673. The number of benzene rings is 1. The van der Waals surface area contributed by atoms with E-state index in [9.17, 15) is 13.6 Å². The van der Waals surface area contributed by atoms with Crippen LogP contribution in [0.15, 0.2) is 41.0 Å². The number of halogens is 2. The molecule has 1 unspecified atom stereocenters. The van der Waals surface area contributed by atoms with Crippen molar-refractivity contribution in [3.8, 4) is 0 Å². The molecular formula is C22H24F2N4O2. The Morgan fingerprint density at radius 1 is 1.33 bits per heavy atom. The number of carbonyl (C=O) groups excluding carboxylic acids is 1. The van der Waals surface area contributed by atoms with Gasteiger partial charge in [0.15, 0.2) is 17.3 Å². The fourth-order valence-electron chi connectivity index (χ4n) is 3.94. The summed E-state index contributed by atoms with van der Waals surface area (Å²) < 4.78 is 33.7. The first-order valence-electron chi connectivity index (χ1n) is 9.92. The molecule has 1 N–H and O–H groups in total. The number of aryl methyl sites for hydroxylation is 1. The van der Waals surface area contributed by atoms with Gasteiger partial charge in [-0.15, -0.1) is 0 Å². The molecule has 0 saturated heterocycles. The number of hydrogen-bond donors (Lipinski definition) is 1. The highest BCUT2D eigenvalue weighted by Gasteiger charge is 2.29. The van der Waals surface area contributed by atoms with Gasteiger partial charge in [0.05, 0.1) is 12.8 Å². The van der Waals surface area contributed by atoms with E-state index in [1.807, 2.05) is 13.1 Å². The Bertz CT molecular complexity index is 1050. The fraction of sp³-hybridized carbons (Fsp3) is 0.364. The Kier molecular flexibility index (Phi) is 5.67. The fourth-order valence-corrected chi connectivity index (χ4v) is 3.94. The zero-order chi connectivity index (χ0) is 21.3. The number of aromatic nitrogens is 2. The lowest BCUT2D eigenvalue weighted by molar-refractivity contribution is 0.0767. The van der Waals surface area contributed by atoms with E-state index >= 15 is 0 Å². The van der Waals surface area contributed by atoms with E-state index in [-0.39, 0.29) is 11.9 Å². The van der Waals surface area contributed by atoms with E-state index in [1.54, 1.807) is 35.0 Å². The molecule has 0 aliphatic heterocycles. The Hall–Kier alpha value is -3.00. The molecule has 0 saturated carbocycles. The second-order valence-corrected chi connectivity index (χ2v) is 7.71. The van der Waals surface area contributed by atoms with Crippen LogP contribution in [0, 0.1) is 11.6 Å². The minimum atomic E-state index is -0.849. The largest absolute Gasteiger partial charge is 0.467 e. The summed E-state index contributed by atoms with van der Waals surface area (Å²) in [5.74, 6) is -1.13. The molecule has 4 rings (SSSR count). The number of carbonyl (C=O) groups is 1. The second kappa shape index (κ2) is 8.39. The normalized spacial score (nSPS) is 15.8. The predicted molar refractivity (Wildman–Crippen MR) is 107 cm³/mol. The van der Waals surface area contributed by atoms with Crippen LogP contribution in [-0.4, -0.2) is 33.7 Å². The summed E-state index contributed by atoms with van der Waals surface area (Å²) in [6.07, 6.45) is 3.91.